The van der Waals surface area contributed by atoms with Gasteiger partial charge in [-0.3, -0.25) is 9.59 Å². The third-order valence-electron chi connectivity index (χ3n) is 6.55. The first-order valence-electron chi connectivity index (χ1n) is 10.2. The van der Waals surface area contributed by atoms with E-state index < -0.39 is 0 Å². The van der Waals surface area contributed by atoms with E-state index in [-0.39, 0.29) is 24.1 Å². The van der Waals surface area contributed by atoms with Crippen LogP contribution in [0.3, 0.4) is 0 Å². The summed E-state index contributed by atoms with van der Waals surface area (Å²) in [6.45, 7) is 2.64. The maximum Gasteiger partial charge on any atom is 0.250 e. The molecule has 148 valence electrons. The van der Waals surface area contributed by atoms with Gasteiger partial charge in [0.2, 0.25) is 5.91 Å². The molecule has 0 bridgehead atoms. The van der Waals surface area contributed by atoms with Crippen molar-refractivity contribution >= 4 is 5.91 Å². The Hall–Kier alpha value is -1.66. The van der Waals surface area contributed by atoms with Gasteiger partial charge in [0.25, 0.3) is 5.56 Å². The summed E-state index contributed by atoms with van der Waals surface area (Å²) < 4.78 is 7.80. The Labute approximate surface area is 161 Å². The summed E-state index contributed by atoms with van der Waals surface area (Å²) in [7, 11) is 4.27. The lowest BCUT2D eigenvalue weighted by atomic mass is 9.77. The van der Waals surface area contributed by atoms with Crippen LogP contribution in [0.1, 0.15) is 25.7 Å². The molecule has 1 aromatic rings. The van der Waals surface area contributed by atoms with Crippen LogP contribution in [-0.2, 0) is 16.1 Å². The van der Waals surface area contributed by atoms with Crippen LogP contribution in [0.2, 0.25) is 0 Å². The van der Waals surface area contributed by atoms with E-state index in [4.69, 9.17) is 4.74 Å². The normalized spacial score (nSPS) is 30.6. The number of carbonyl (C=O) groups is 1. The van der Waals surface area contributed by atoms with Crippen LogP contribution in [0.15, 0.2) is 29.2 Å². The first-order chi connectivity index (χ1) is 13.0. The number of hydrogen-bond donors (Lipinski definition) is 0. The molecule has 6 nitrogen and oxygen atoms in total. The van der Waals surface area contributed by atoms with Crippen LogP contribution >= 0.6 is 0 Å². The van der Waals surface area contributed by atoms with Crippen molar-refractivity contribution in [1.29, 1.82) is 0 Å². The van der Waals surface area contributed by atoms with Crippen LogP contribution in [0.25, 0.3) is 0 Å². The van der Waals surface area contributed by atoms with Gasteiger partial charge < -0.3 is 19.1 Å². The van der Waals surface area contributed by atoms with Gasteiger partial charge in [0.05, 0.1) is 6.10 Å². The largest absolute Gasteiger partial charge is 0.376 e. The molecule has 4 rings (SSSR count). The van der Waals surface area contributed by atoms with Crippen molar-refractivity contribution in [2.45, 2.75) is 44.4 Å². The molecule has 2 heterocycles. The molecule has 0 unspecified atom stereocenters. The number of amides is 1. The van der Waals surface area contributed by atoms with E-state index in [9.17, 15) is 9.59 Å². The molecule has 2 aliphatic carbocycles. The fourth-order valence-electron chi connectivity index (χ4n) is 4.70. The second-order valence-corrected chi connectivity index (χ2v) is 8.80. The Bertz CT molecular complexity index is 727. The van der Waals surface area contributed by atoms with E-state index in [1.807, 2.05) is 4.90 Å². The molecule has 0 spiro atoms. The van der Waals surface area contributed by atoms with E-state index in [1.54, 1.807) is 18.3 Å². The third-order valence-corrected chi connectivity index (χ3v) is 6.55. The van der Waals surface area contributed by atoms with Crippen LogP contribution in [0.5, 0.6) is 0 Å². The molecule has 0 radical (unpaired) electrons. The zero-order chi connectivity index (χ0) is 19.0. The van der Waals surface area contributed by atoms with Crippen molar-refractivity contribution in [3.63, 3.8) is 0 Å². The molecule has 0 N–H and O–H groups in total. The minimum absolute atomic E-state index is 0.0505. The van der Waals surface area contributed by atoms with Gasteiger partial charge >= 0.3 is 0 Å². The molecule has 1 saturated heterocycles. The van der Waals surface area contributed by atoms with E-state index in [2.05, 4.69) is 19.0 Å². The number of nitrogens with zero attached hydrogens (tertiary/aromatic N) is 3. The number of aromatic nitrogens is 1. The SMILES string of the molecule is CN(C)[C@@H]1C[C@@H]2CN(C(=O)Cn3ccccc3=O)C[C@@H]2C[C@H]1OCC1CC1. The molecule has 6 heteroatoms. The minimum Gasteiger partial charge on any atom is -0.376 e. The van der Waals surface area contributed by atoms with Crippen LogP contribution in [0, 0.1) is 17.8 Å². The summed E-state index contributed by atoms with van der Waals surface area (Å²) in [6.07, 6.45) is 6.71. The summed E-state index contributed by atoms with van der Waals surface area (Å²) in [5.41, 5.74) is -0.122. The van der Waals surface area contributed by atoms with Crippen molar-refractivity contribution in [3.05, 3.63) is 34.7 Å². The van der Waals surface area contributed by atoms with Crippen molar-refractivity contribution in [2.75, 3.05) is 33.8 Å². The highest BCUT2D eigenvalue weighted by Gasteiger charge is 2.44. The third kappa shape index (κ3) is 4.27. The smallest absolute Gasteiger partial charge is 0.250 e. The van der Waals surface area contributed by atoms with Crippen molar-refractivity contribution in [2.24, 2.45) is 17.8 Å². The molecule has 2 saturated carbocycles. The standard InChI is InChI=1S/C21H31N3O3/c1-22(2)18-9-16-11-24(21(26)13-23-8-4-3-5-20(23)25)12-17(16)10-19(18)27-14-15-6-7-15/h3-5,8,15-19H,6-7,9-14H2,1-2H3/t16-,17+,18-,19-/m1/s1. The molecule has 1 aliphatic heterocycles. The molecule has 27 heavy (non-hydrogen) atoms. The van der Waals surface area contributed by atoms with Gasteiger partial charge in [0, 0.05) is 38.0 Å². The highest BCUT2D eigenvalue weighted by molar-refractivity contribution is 5.76. The highest BCUT2D eigenvalue weighted by Crippen LogP contribution is 2.40. The second-order valence-electron chi connectivity index (χ2n) is 8.80. The highest BCUT2D eigenvalue weighted by atomic mass is 16.5. The fraction of sp³-hybridized carbons (Fsp3) is 0.714. The maximum atomic E-state index is 12.8. The van der Waals surface area contributed by atoms with E-state index in [0.29, 0.717) is 17.9 Å². The lowest BCUT2D eigenvalue weighted by Gasteiger charge is -2.41. The lowest BCUT2D eigenvalue weighted by Crippen LogP contribution is -2.48. The van der Waals surface area contributed by atoms with Crippen molar-refractivity contribution < 1.29 is 9.53 Å². The molecule has 0 aromatic carbocycles. The molecule has 3 aliphatic rings. The zero-order valence-corrected chi connectivity index (χ0v) is 16.4. The van der Waals surface area contributed by atoms with Crippen LogP contribution < -0.4 is 5.56 Å². The number of ether oxygens (including phenoxy) is 1. The molecule has 1 amide bonds. The number of rotatable bonds is 6. The van der Waals surface area contributed by atoms with E-state index >= 15 is 0 Å². The zero-order valence-electron chi connectivity index (χ0n) is 16.4. The minimum atomic E-state index is -0.122. The van der Waals surface area contributed by atoms with Crippen LogP contribution in [-0.4, -0.2) is 66.2 Å². The molecular formula is C21H31N3O3. The van der Waals surface area contributed by atoms with Gasteiger partial charge in [0.15, 0.2) is 0 Å². The van der Waals surface area contributed by atoms with Crippen LogP contribution in [0.4, 0.5) is 0 Å². The number of hydrogen-bond acceptors (Lipinski definition) is 4. The summed E-state index contributed by atoms with van der Waals surface area (Å²) in [4.78, 5) is 28.9. The first-order valence-corrected chi connectivity index (χ1v) is 10.2. The monoisotopic (exact) mass is 373 g/mol. The van der Waals surface area contributed by atoms with Gasteiger partial charge in [-0.15, -0.1) is 0 Å². The van der Waals surface area contributed by atoms with Crippen molar-refractivity contribution in [3.8, 4) is 0 Å². The summed E-state index contributed by atoms with van der Waals surface area (Å²) in [5, 5.41) is 0. The number of pyridine rings is 1. The predicted octanol–water partition coefficient (Wildman–Crippen LogP) is 1.44. The quantitative estimate of drug-likeness (QED) is 0.757. The number of likely N-dealkylation sites (tertiary alicyclic amines) is 1. The van der Waals surface area contributed by atoms with Gasteiger partial charge in [-0.25, -0.2) is 0 Å². The average molecular weight is 373 g/mol. The fourth-order valence-corrected chi connectivity index (χ4v) is 4.70. The van der Waals surface area contributed by atoms with Gasteiger partial charge in [-0.05, 0) is 63.6 Å². The maximum absolute atomic E-state index is 12.8. The molecular weight excluding hydrogens is 342 g/mol. The Balaban J connectivity index is 1.38. The Morgan fingerprint density at radius 3 is 2.59 bits per heavy atom. The summed E-state index contributed by atoms with van der Waals surface area (Å²) in [5.74, 6) is 1.88. The first kappa shape index (κ1) is 18.7. The second kappa shape index (κ2) is 7.76. The van der Waals surface area contributed by atoms with Gasteiger partial charge in [-0.1, -0.05) is 6.07 Å². The average Bonchev–Trinajstić information content (AvgIpc) is 3.38. The van der Waals surface area contributed by atoms with Crippen molar-refractivity contribution in [1.82, 2.24) is 14.4 Å². The van der Waals surface area contributed by atoms with Gasteiger partial charge in [0.1, 0.15) is 6.54 Å². The summed E-state index contributed by atoms with van der Waals surface area (Å²) in [6, 6.07) is 5.43. The van der Waals surface area contributed by atoms with Gasteiger partial charge in [-0.2, -0.15) is 0 Å². The molecule has 4 atom stereocenters. The summed E-state index contributed by atoms with van der Waals surface area (Å²) >= 11 is 0. The Morgan fingerprint density at radius 1 is 1.19 bits per heavy atom. The Kier molecular flexibility index (Phi) is 5.37. The molecule has 1 aromatic heterocycles. The number of carbonyl (C=O) groups excluding carboxylic acids is 1. The van der Waals surface area contributed by atoms with E-state index in [0.717, 1.165) is 38.5 Å². The predicted molar refractivity (Wildman–Crippen MR) is 103 cm³/mol. The molecule has 3 fully saturated rings. The topological polar surface area (TPSA) is 54.8 Å². The lowest BCUT2D eigenvalue weighted by molar-refractivity contribution is -0.131. The number of likely N-dealkylation sites (N-methyl/N-ethyl adjacent to an activating group) is 1. The number of fused-ring (bicyclic) bond motifs is 1. The van der Waals surface area contributed by atoms with E-state index in [1.165, 1.54) is 23.5 Å². The Morgan fingerprint density at radius 2 is 1.93 bits per heavy atom.